The van der Waals surface area contributed by atoms with Crippen LogP contribution >= 0.6 is 0 Å². The third-order valence-electron chi connectivity index (χ3n) is 3.90. The molecule has 0 fully saturated rings. The molecule has 2 nitrogen and oxygen atoms in total. The maximum absolute atomic E-state index is 9.68. The van der Waals surface area contributed by atoms with Crippen LogP contribution in [0.15, 0.2) is 42.5 Å². The minimum absolute atomic E-state index is 0.0283. The van der Waals surface area contributed by atoms with Gasteiger partial charge in [0.05, 0.1) is 13.2 Å². The Labute approximate surface area is 114 Å². The van der Waals surface area contributed by atoms with Gasteiger partial charge in [-0.25, -0.2) is 0 Å². The van der Waals surface area contributed by atoms with Crippen LogP contribution in [-0.2, 0) is 6.42 Å². The van der Waals surface area contributed by atoms with Crippen LogP contribution in [0, 0.1) is 5.41 Å². The van der Waals surface area contributed by atoms with E-state index in [1.165, 1.54) is 16.3 Å². The molecule has 0 aromatic heterocycles. The molecule has 0 unspecified atom stereocenters. The molecule has 102 valence electrons. The van der Waals surface area contributed by atoms with Crippen LogP contribution in [0.5, 0.6) is 0 Å². The molecule has 19 heavy (non-hydrogen) atoms. The van der Waals surface area contributed by atoms with Gasteiger partial charge in [-0.1, -0.05) is 55.8 Å². The Kier molecular flexibility index (Phi) is 4.56. The Morgan fingerprint density at radius 1 is 0.947 bits per heavy atom. The number of hydrogen-bond acceptors (Lipinski definition) is 2. The van der Waals surface area contributed by atoms with Gasteiger partial charge in [0.25, 0.3) is 0 Å². The van der Waals surface area contributed by atoms with Crippen molar-refractivity contribution in [1.82, 2.24) is 0 Å². The van der Waals surface area contributed by atoms with Crippen molar-refractivity contribution in [3.8, 4) is 0 Å². The molecule has 0 heterocycles. The minimum Gasteiger partial charge on any atom is -0.396 e. The molecule has 2 heteroatoms. The monoisotopic (exact) mass is 258 g/mol. The van der Waals surface area contributed by atoms with Crippen LogP contribution in [0.1, 0.15) is 25.3 Å². The van der Waals surface area contributed by atoms with Crippen LogP contribution < -0.4 is 0 Å². The summed E-state index contributed by atoms with van der Waals surface area (Å²) in [5, 5.41) is 21.8. The molecule has 2 aromatic rings. The van der Waals surface area contributed by atoms with Crippen molar-refractivity contribution < 1.29 is 10.2 Å². The van der Waals surface area contributed by atoms with E-state index in [1.807, 2.05) is 18.2 Å². The van der Waals surface area contributed by atoms with E-state index in [0.717, 1.165) is 19.3 Å². The van der Waals surface area contributed by atoms with Crippen LogP contribution in [0.3, 0.4) is 0 Å². The second kappa shape index (κ2) is 6.18. The summed E-state index contributed by atoms with van der Waals surface area (Å²) in [7, 11) is 0. The smallest absolute Gasteiger partial charge is 0.0512 e. The summed E-state index contributed by atoms with van der Waals surface area (Å²) in [6.07, 6.45) is 2.52. The number of benzene rings is 2. The zero-order valence-corrected chi connectivity index (χ0v) is 11.5. The first-order chi connectivity index (χ1) is 9.24. The molecule has 2 rings (SSSR count). The number of hydrogen-bond donors (Lipinski definition) is 2. The maximum atomic E-state index is 9.68. The first-order valence-electron chi connectivity index (χ1n) is 6.93. The average Bonchev–Trinajstić information content (AvgIpc) is 2.47. The van der Waals surface area contributed by atoms with E-state index in [-0.39, 0.29) is 13.2 Å². The van der Waals surface area contributed by atoms with E-state index in [9.17, 15) is 10.2 Å². The maximum Gasteiger partial charge on any atom is 0.0512 e. The molecule has 0 aliphatic rings. The largest absolute Gasteiger partial charge is 0.396 e. The van der Waals surface area contributed by atoms with Crippen LogP contribution in [0.25, 0.3) is 10.8 Å². The number of aliphatic hydroxyl groups is 2. The van der Waals surface area contributed by atoms with Crippen molar-refractivity contribution in [2.75, 3.05) is 13.2 Å². The highest BCUT2D eigenvalue weighted by molar-refractivity contribution is 5.85. The molecule has 0 spiro atoms. The normalized spacial score (nSPS) is 11.9. The Bertz CT molecular complexity index is 524. The lowest BCUT2D eigenvalue weighted by Gasteiger charge is -2.30. The van der Waals surface area contributed by atoms with E-state index in [0.29, 0.717) is 0 Å². The Morgan fingerprint density at radius 2 is 1.63 bits per heavy atom. The molecule has 0 saturated heterocycles. The topological polar surface area (TPSA) is 40.5 Å². The molecule has 0 bridgehead atoms. The van der Waals surface area contributed by atoms with Crippen molar-refractivity contribution in [2.45, 2.75) is 26.2 Å². The minimum atomic E-state index is -0.404. The van der Waals surface area contributed by atoms with Gasteiger partial charge in [0.15, 0.2) is 0 Å². The fourth-order valence-corrected chi connectivity index (χ4v) is 2.79. The van der Waals surface area contributed by atoms with Crippen LogP contribution in [0.2, 0.25) is 0 Å². The van der Waals surface area contributed by atoms with Gasteiger partial charge < -0.3 is 10.2 Å². The predicted octanol–water partition coefficient (Wildman–Crippen LogP) is 3.15. The van der Waals surface area contributed by atoms with Gasteiger partial charge in [0.1, 0.15) is 0 Å². The van der Waals surface area contributed by atoms with Gasteiger partial charge in [-0.15, -0.1) is 0 Å². The van der Waals surface area contributed by atoms with Crippen LogP contribution in [-0.4, -0.2) is 23.4 Å². The van der Waals surface area contributed by atoms with Crippen molar-refractivity contribution >= 4 is 10.8 Å². The highest BCUT2D eigenvalue weighted by Gasteiger charge is 2.28. The standard InChI is InChI=1S/C17H22O2/c1-2-10-17(12-18,13-19)11-15-8-5-7-14-6-3-4-9-16(14)15/h3-9,18-19H,2,10-13H2,1H3. The summed E-state index contributed by atoms with van der Waals surface area (Å²) in [6, 6.07) is 14.5. The van der Waals surface area contributed by atoms with Gasteiger partial charge >= 0.3 is 0 Å². The lowest BCUT2D eigenvalue weighted by Crippen LogP contribution is -2.32. The third kappa shape index (κ3) is 2.96. The van der Waals surface area contributed by atoms with Gasteiger partial charge in [0.2, 0.25) is 0 Å². The Balaban J connectivity index is 2.39. The van der Waals surface area contributed by atoms with E-state index in [4.69, 9.17) is 0 Å². The predicted molar refractivity (Wildman–Crippen MR) is 79.2 cm³/mol. The number of aliphatic hydroxyl groups excluding tert-OH is 2. The van der Waals surface area contributed by atoms with E-state index in [1.54, 1.807) is 0 Å². The molecule has 0 radical (unpaired) electrons. The van der Waals surface area contributed by atoms with Crippen LogP contribution in [0.4, 0.5) is 0 Å². The van der Waals surface area contributed by atoms with Gasteiger partial charge in [0, 0.05) is 5.41 Å². The first kappa shape index (κ1) is 14.0. The zero-order chi connectivity index (χ0) is 13.7. The van der Waals surface area contributed by atoms with Crippen molar-refractivity contribution in [3.05, 3.63) is 48.0 Å². The van der Waals surface area contributed by atoms with Crippen molar-refractivity contribution in [2.24, 2.45) is 5.41 Å². The summed E-state index contributed by atoms with van der Waals surface area (Å²) in [5.74, 6) is 0. The lowest BCUT2D eigenvalue weighted by molar-refractivity contribution is 0.0469. The summed E-state index contributed by atoms with van der Waals surface area (Å²) < 4.78 is 0. The summed E-state index contributed by atoms with van der Waals surface area (Å²) >= 11 is 0. The number of rotatable bonds is 6. The van der Waals surface area contributed by atoms with E-state index in [2.05, 4.69) is 31.2 Å². The second-order valence-electron chi connectivity index (χ2n) is 5.38. The van der Waals surface area contributed by atoms with Crippen molar-refractivity contribution in [1.29, 1.82) is 0 Å². The highest BCUT2D eigenvalue weighted by atomic mass is 16.3. The van der Waals surface area contributed by atoms with Gasteiger partial charge in [-0.3, -0.25) is 0 Å². The Morgan fingerprint density at radius 3 is 2.32 bits per heavy atom. The van der Waals surface area contributed by atoms with Crippen molar-refractivity contribution in [3.63, 3.8) is 0 Å². The van der Waals surface area contributed by atoms with Gasteiger partial charge in [-0.05, 0) is 29.2 Å². The first-order valence-corrected chi connectivity index (χ1v) is 6.93. The molecular formula is C17H22O2. The molecule has 2 N–H and O–H groups in total. The lowest BCUT2D eigenvalue weighted by atomic mass is 9.78. The van der Waals surface area contributed by atoms with E-state index >= 15 is 0 Å². The fraction of sp³-hybridized carbons (Fsp3) is 0.412. The molecule has 0 saturated carbocycles. The Hall–Kier alpha value is -1.38. The summed E-state index contributed by atoms with van der Waals surface area (Å²) in [5.41, 5.74) is 0.799. The summed E-state index contributed by atoms with van der Waals surface area (Å²) in [6.45, 7) is 2.14. The molecule has 0 amide bonds. The van der Waals surface area contributed by atoms with Gasteiger partial charge in [-0.2, -0.15) is 0 Å². The quantitative estimate of drug-likeness (QED) is 0.835. The zero-order valence-electron chi connectivity index (χ0n) is 11.5. The second-order valence-corrected chi connectivity index (χ2v) is 5.38. The number of fused-ring (bicyclic) bond motifs is 1. The molecule has 2 aromatic carbocycles. The fourth-order valence-electron chi connectivity index (χ4n) is 2.79. The molecule has 0 aliphatic heterocycles. The summed E-state index contributed by atoms with van der Waals surface area (Å²) in [4.78, 5) is 0. The molecule has 0 atom stereocenters. The third-order valence-corrected chi connectivity index (χ3v) is 3.90. The van der Waals surface area contributed by atoms with E-state index < -0.39 is 5.41 Å². The molecular weight excluding hydrogens is 236 g/mol. The average molecular weight is 258 g/mol. The SMILES string of the molecule is CCCC(CO)(CO)Cc1cccc2ccccc12. The highest BCUT2D eigenvalue weighted by Crippen LogP contribution is 2.31. The molecule has 0 aliphatic carbocycles.